The number of likely N-dealkylation sites (tertiary alicyclic amines) is 3. The van der Waals surface area contributed by atoms with Crippen LogP contribution >= 0.6 is 0 Å². The molecule has 8 nitrogen and oxygen atoms in total. The number of esters is 1. The van der Waals surface area contributed by atoms with Crippen molar-refractivity contribution in [1.82, 2.24) is 14.7 Å². The summed E-state index contributed by atoms with van der Waals surface area (Å²) in [6.45, 7) is 7.11. The molecule has 3 aliphatic heterocycles. The number of carbonyl (C=O) groups excluding carboxylic acids is 4. The number of carbonyl (C=O) groups is 4. The summed E-state index contributed by atoms with van der Waals surface area (Å²) in [6.07, 6.45) is 12.2. The first kappa shape index (κ1) is 25.0. The second-order valence-electron chi connectivity index (χ2n) is 9.35. The monoisotopic (exact) mass is 459 g/mol. The quantitative estimate of drug-likeness (QED) is 0.331. The SMILES string of the molecule is C/C=C\C(C)C(=O)N1CCCC1C(=O)N1CCC(/C=C\C2CCC(C(=O)OC)N2C=O)C1C. The lowest BCUT2D eigenvalue weighted by atomic mass is 9.99. The minimum atomic E-state index is -0.531. The first-order valence-corrected chi connectivity index (χ1v) is 12.1. The van der Waals surface area contributed by atoms with Crippen LogP contribution in [-0.4, -0.2) is 83.3 Å². The normalized spacial score (nSPS) is 31.0. The van der Waals surface area contributed by atoms with Crippen molar-refractivity contribution in [1.29, 1.82) is 0 Å². The van der Waals surface area contributed by atoms with E-state index in [0.29, 0.717) is 32.4 Å². The van der Waals surface area contributed by atoms with Crippen molar-refractivity contribution in [2.75, 3.05) is 20.2 Å². The Morgan fingerprint density at radius 2 is 1.76 bits per heavy atom. The number of rotatable bonds is 7. The van der Waals surface area contributed by atoms with E-state index < -0.39 is 6.04 Å². The van der Waals surface area contributed by atoms with E-state index in [0.717, 1.165) is 19.3 Å². The summed E-state index contributed by atoms with van der Waals surface area (Å²) < 4.78 is 4.81. The van der Waals surface area contributed by atoms with E-state index in [1.165, 1.54) is 12.0 Å². The molecule has 3 aliphatic rings. The summed E-state index contributed by atoms with van der Waals surface area (Å²) in [5.41, 5.74) is 0. The highest BCUT2D eigenvalue weighted by molar-refractivity contribution is 5.90. The fourth-order valence-corrected chi connectivity index (χ4v) is 5.49. The van der Waals surface area contributed by atoms with E-state index in [-0.39, 0.29) is 47.7 Å². The lowest BCUT2D eigenvalue weighted by Gasteiger charge is -2.32. The molecule has 0 aliphatic carbocycles. The minimum Gasteiger partial charge on any atom is -0.467 e. The number of nitrogens with zero attached hydrogens (tertiary/aromatic N) is 3. The minimum absolute atomic E-state index is 0.0155. The Morgan fingerprint density at radius 3 is 2.42 bits per heavy atom. The molecule has 0 aromatic carbocycles. The van der Waals surface area contributed by atoms with Gasteiger partial charge in [0.25, 0.3) is 0 Å². The molecule has 0 bridgehead atoms. The molecule has 0 aromatic heterocycles. The molecule has 182 valence electrons. The molecular formula is C25H37N3O5. The van der Waals surface area contributed by atoms with Crippen LogP contribution in [0, 0.1) is 11.8 Å². The second kappa shape index (κ2) is 11.0. The second-order valence-corrected chi connectivity index (χ2v) is 9.35. The van der Waals surface area contributed by atoms with Gasteiger partial charge in [0.15, 0.2) is 0 Å². The Balaban J connectivity index is 1.63. The Bertz CT molecular complexity index is 810. The first-order chi connectivity index (χ1) is 15.8. The first-order valence-electron chi connectivity index (χ1n) is 12.1. The number of ether oxygens (including phenoxy) is 1. The molecule has 0 spiro atoms. The predicted octanol–water partition coefficient (Wildman–Crippen LogP) is 2.15. The molecule has 0 N–H and O–H groups in total. The van der Waals surface area contributed by atoms with Gasteiger partial charge >= 0.3 is 5.97 Å². The lowest BCUT2D eigenvalue weighted by Crippen LogP contribution is -2.50. The van der Waals surface area contributed by atoms with Gasteiger partial charge in [-0.15, -0.1) is 0 Å². The fourth-order valence-electron chi connectivity index (χ4n) is 5.49. The highest BCUT2D eigenvalue weighted by Gasteiger charge is 2.42. The molecule has 3 amide bonds. The molecule has 8 heteroatoms. The smallest absolute Gasteiger partial charge is 0.328 e. The third-order valence-electron chi connectivity index (χ3n) is 7.44. The zero-order valence-electron chi connectivity index (χ0n) is 20.2. The highest BCUT2D eigenvalue weighted by Crippen LogP contribution is 2.31. The largest absolute Gasteiger partial charge is 0.467 e. The van der Waals surface area contributed by atoms with E-state index >= 15 is 0 Å². The van der Waals surface area contributed by atoms with Crippen LogP contribution in [0.4, 0.5) is 0 Å². The van der Waals surface area contributed by atoms with Crippen molar-refractivity contribution in [2.24, 2.45) is 11.8 Å². The van der Waals surface area contributed by atoms with Crippen LogP contribution in [0.25, 0.3) is 0 Å². The average molecular weight is 460 g/mol. The van der Waals surface area contributed by atoms with Gasteiger partial charge in [-0.05, 0) is 51.9 Å². The van der Waals surface area contributed by atoms with Gasteiger partial charge in [-0.25, -0.2) is 4.79 Å². The number of allylic oxidation sites excluding steroid dienone is 1. The van der Waals surface area contributed by atoms with Crippen LogP contribution in [0.1, 0.15) is 52.9 Å². The molecule has 3 saturated heterocycles. The maximum atomic E-state index is 13.4. The molecule has 6 atom stereocenters. The maximum Gasteiger partial charge on any atom is 0.328 e. The highest BCUT2D eigenvalue weighted by atomic mass is 16.5. The summed E-state index contributed by atoms with van der Waals surface area (Å²) in [5, 5.41) is 0. The van der Waals surface area contributed by atoms with Crippen molar-refractivity contribution in [3.8, 4) is 0 Å². The number of hydrogen-bond acceptors (Lipinski definition) is 5. The Kier molecular flexibility index (Phi) is 8.32. The van der Waals surface area contributed by atoms with Crippen molar-refractivity contribution in [3.63, 3.8) is 0 Å². The van der Waals surface area contributed by atoms with Crippen molar-refractivity contribution in [2.45, 2.75) is 77.0 Å². The predicted molar refractivity (Wildman–Crippen MR) is 124 cm³/mol. The molecule has 0 saturated carbocycles. The van der Waals surface area contributed by atoms with E-state index in [1.54, 1.807) is 4.90 Å². The lowest BCUT2D eigenvalue weighted by molar-refractivity contribution is -0.148. The molecular weight excluding hydrogens is 422 g/mol. The van der Waals surface area contributed by atoms with E-state index in [1.807, 2.05) is 43.9 Å². The summed E-state index contributed by atoms with van der Waals surface area (Å²) in [5.74, 6) is -0.382. The summed E-state index contributed by atoms with van der Waals surface area (Å²) in [6, 6.07) is -1.03. The molecule has 3 heterocycles. The zero-order chi connectivity index (χ0) is 24.1. The summed E-state index contributed by atoms with van der Waals surface area (Å²) in [4.78, 5) is 54.9. The van der Waals surface area contributed by atoms with Gasteiger partial charge in [-0.3, -0.25) is 14.4 Å². The van der Waals surface area contributed by atoms with Crippen LogP contribution in [0.3, 0.4) is 0 Å². The van der Waals surface area contributed by atoms with E-state index in [2.05, 4.69) is 6.08 Å². The Labute approximate surface area is 196 Å². The van der Waals surface area contributed by atoms with Gasteiger partial charge in [0, 0.05) is 19.1 Å². The van der Waals surface area contributed by atoms with Gasteiger partial charge in [0.1, 0.15) is 12.1 Å². The third-order valence-corrected chi connectivity index (χ3v) is 7.44. The molecule has 3 fully saturated rings. The van der Waals surface area contributed by atoms with Crippen LogP contribution in [-0.2, 0) is 23.9 Å². The Morgan fingerprint density at radius 1 is 1.00 bits per heavy atom. The van der Waals surface area contributed by atoms with Crippen molar-refractivity contribution >= 4 is 24.2 Å². The number of methoxy groups -OCH3 is 1. The molecule has 33 heavy (non-hydrogen) atoms. The van der Waals surface area contributed by atoms with E-state index in [4.69, 9.17) is 4.74 Å². The van der Waals surface area contributed by atoms with Crippen molar-refractivity contribution in [3.05, 3.63) is 24.3 Å². The van der Waals surface area contributed by atoms with Gasteiger partial charge in [-0.2, -0.15) is 0 Å². The van der Waals surface area contributed by atoms with Crippen LogP contribution in [0.15, 0.2) is 24.3 Å². The van der Waals surface area contributed by atoms with Crippen molar-refractivity contribution < 1.29 is 23.9 Å². The van der Waals surface area contributed by atoms with Gasteiger partial charge in [0.05, 0.1) is 19.1 Å². The van der Waals surface area contributed by atoms with Crippen LogP contribution in [0.5, 0.6) is 0 Å². The molecule has 0 radical (unpaired) electrons. The van der Waals surface area contributed by atoms with Gasteiger partial charge < -0.3 is 19.4 Å². The topological polar surface area (TPSA) is 87.2 Å². The number of amides is 3. The van der Waals surface area contributed by atoms with Gasteiger partial charge in [0.2, 0.25) is 18.2 Å². The maximum absolute atomic E-state index is 13.4. The van der Waals surface area contributed by atoms with Crippen LogP contribution < -0.4 is 0 Å². The van der Waals surface area contributed by atoms with Gasteiger partial charge in [-0.1, -0.05) is 31.2 Å². The molecule has 3 rings (SSSR count). The number of hydrogen-bond donors (Lipinski definition) is 0. The fraction of sp³-hybridized carbons (Fsp3) is 0.680. The standard InChI is InChI=1S/C25H37N3O5/c1-5-7-17(2)23(30)27-14-6-8-21(27)24(31)26-15-13-19(18(26)3)9-10-20-11-12-22(25(32)33-4)28(20)16-29/h5,7,9-10,16-22H,6,8,11-15H2,1-4H3/b7-5-,10-9-. The van der Waals surface area contributed by atoms with E-state index in [9.17, 15) is 19.2 Å². The zero-order valence-corrected chi connectivity index (χ0v) is 20.2. The Hall–Kier alpha value is -2.64. The molecule has 6 unspecified atom stereocenters. The third kappa shape index (κ3) is 5.14. The average Bonchev–Trinajstić information content (AvgIpc) is 3.54. The summed E-state index contributed by atoms with van der Waals surface area (Å²) in [7, 11) is 1.33. The molecule has 0 aromatic rings. The van der Waals surface area contributed by atoms with Crippen LogP contribution in [0.2, 0.25) is 0 Å². The summed E-state index contributed by atoms with van der Waals surface area (Å²) >= 11 is 0.